The van der Waals surface area contributed by atoms with Crippen LogP contribution in [0.4, 0.5) is 4.39 Å². The van der Waals surface area contributed by atoms with Crippen LogP contribution in [-0.2, 0) is 9.63 Å². The first-order chi connectivity index (χ1) is 7.16. The summed E-state index contributed by atoms with van der Waals surface area (Å²) in [6.07, 6.45) is 0.361. The van der Waals surface area contributed by atoms with Crippen LogP contribution < -0.4 is 5.48 Å². The Kier molecular flexibility index (Phi) is 2.39. The zero-order chi connectivity index (χ0) is 10.8. The van der Waals surface area contributed by atoms with Crippen molar-refractivity contribution in [2.24, 2.45) is 0 Å². The fraction of sp³-hybridized carbons (Fsp3) is 0.100. The first-order valence-corrected chi connectivity index (χ1v) is 4.29. The Labute approximate surface area is 84.9 Å². The molecule has 0 spiro atoms. The van der Waals surface area contributed by atoms with Crippen LogP contribution >= 0.6 is 0 Å². The lowest BCUT2D eigenvalue weighted by Gasteiger charge is -2.03. The second kappa shape index (κ2) is 3.70. The van der Waals surface area contributed by atoms with Gasteiger partial charge in [0.05, 0.1) is 5.70 Å². The molecule has 4 nitrogen and oxygen atoms in total. The molecule has 0 radical (unpaired) electrons. The van der Waals surface area contributed by atoms with E-state index in [1.54, 1.807) is 12.1 Å². The largest absolute Gasteiger partial charge is 0.479 e. The highest BCUT2D eigenvalue weighted by Gasteiger charge is 2.23. The minimum atomic E-state index is -1.09. The van der Waals surface area contributed by atoms with Gasteiger partial charge in [-0.3, -0.25) is 10.3 Å². The van der Waals surface area contributed by atoms with Crippen LogP contribution in [0.1, 0.15) is 5.56 Å². The average Bonchev–Trinajstić information content (AvgIpc) is 2.66. The number of hydroxylamine groups is 1. The molecule has 0 aliphatic carbocycles. The van der Waals surface area contributed by atoms with Gasteiger partial charge in [0.25, 0.3) is 0 Å². The van der Waals surface area contributed by atoms with Crippen LogP contribution in [0.2, 0.25) is 0 Å². The van der Waals surface area contributed by atoms with E-state index in [4.69, 9.17) is 9.94 Å². The van der Waals surface area contributed by atoms with Crippen molar-refractivity contribution in [1.29, 1.82) is 0 Å². The summed E-state index contributed by atoms with van der Waals surface area (Å²) in [5.74, 6) is -1.47. The molecule has 1 atom stereocenters. The van der Waals surface area contributed by atoms with Crippen molar-refractivity contribution in [2.75, 3.05) is 0 Å². The Bertz CT molecular complexity index is 430. The number of carboxylic acids is 1. The molecule has 1 heterocycles. The Morgan fingerprint density at radius 2 is 2.33 bits per heavy atom. The van der Waals surface area contributed by atoms with Gasteiger partial charge >= 0.3 is 5.97 Å². The van der Waals surface area contributed by atoms with Crippen LogP contribution in [-0.4, -0.2) is 17.2 Å². The van der Waals surface area contributed by atoms with Gasteiger partial charge < -0.3 is 5.11 Å². The van der Waals surface area contributed by atoms with E-state index in [1.165, 1.54) is 18.2 Å². The number of hydrogen-bond acceptors (Lipinski definition) is 3. The van der Waals surface area contributed by atoms with Crippen LogP contribution in [0, 0.1) is 5.82 Å². The van der Waals surface area contributed by atoms with Gasteiger partial charge in [-0.05, 0) is 18.2 Å². The van der Waals surface area contributed by atoms with Crippen molar-refractivity contribution in [1.82, 2.24) is 5.48 Å². The highest BCUT2D eigenvalue weighted by molar-refractivity contribution is 5.80. The number of carboxylic acid groups (broad SMARTS) is 1. The van der Waals surface area contributed by atoms with Gasteiger partial charge in [0.1, 0.15) is 5.82 Å². The van der Waals surface area contributed by atoms with Crippen LogP contribution in [0.5, 0.6) is 0 Å². The van der Waals surface area contributed by atoms with E-state index < -0.39 is 12.1 Å². The highest BCUT2D eigenvalue weighted by Crippen LogP contribution is 2.18. The fourth-order valence-corrected chi connectivity index (χ4v) is 1.28. The van der Waals surface area contributed by atoms with E-state index in [0.29, 0.717) is 11.3 Å². The molecule has 0 bridgehead atoms. The van der Waals surface area contributed by atoms with E-state index in [0.717, 1.165) is 0 Å². The Morgan fingerprint density at radius 3 is 2.93 bits per heavy atom. The summed E-state index contributed by atoms with van der Waals surface area (Å²) in [5, 5.41) is 8.65. The van der Waals surface area contributed by atoms with E-state index in [1.807, 2.05) is 0 Å². The van der Waals surface area contributed by atoms with Crippen molar-refractivity contribution in [3.8, 4) is 0 Å². The van der Waals surface area contributed by atoms with Crippen LogP contribution in [0.3, 0.4) is 0 Å². The maximum atomic E-state index is 12.9. The Morgan fingerprint density at radius 1 is 1.53 bits per heavy atom. The summed E-state index contributed by atoms with van der Waals surface area (Å²) in [6.45, 7) is 0. The monoisotopic (exact) mass is 209 g/mol. The molecule has 5 heteroatoms. The standard InChI is InChI=1S/C10H8FNO3/c11-7-3-1-2-6(4-7)8-5-9(10(13)14)15-12-8/h1-5,9,12H,(H,13,14). The lowest BCUT2D eigenvalue weighted by molar-refractivity contribution is -0.148. The van der Waals surface area contributed by atoms with Crippen molar-refractivity contribution in [2.45, 2.75) is 6.10 Å². The molecule has 1 aromatic rings. The molecule has 0 saturated carbocycles. The SMILES string of the molecule is O=C(O)C1C=C(c2cccc(F)c2)NO1. The molecule has 78 valence electrons. The van der Waals surface area contributed by atoms with E-state index in [9.17, 15) is 9.18 Å². The first-order valence-electron chi connectivity index (χ1n) is 4.29. The molecule has 0 fully saturated rings. The molecular weight excluding hydrogens is 201 g/mol. The molecule has 1 aliphatic rings. The zero-order valence-electron chi connectivity index (χ0n) is 7.61. The average molecular weight is 209 g/mol. The molecule has 2 N–H and O–H groups in total. The number of aliphatic carboxylic acids is 1. The number of carbonyl (C=O) groups is 1. The minimum Gasteiger partial charge on any atom is -0.479 e. The lowest BCUT2D eigenvalue weighted by atomic mass is 10.1. The second-order valence-electron chi connectivity index (χ2n) is 3.07. The Balaban J connectivity index is 2.26. The summed E-state index contributed by atoms with van der Waals surface area (Å²) < 4.78 is 12.9. The summed E-state index contributed by atoms with van der Waals surface area (Å²) in [4.78, 5) is 15.3. The normalized spacial score (nSPS) is 19.5. The molecule has 0 amide bonds. The summed E-state index contributed by atoms with van der Waals surface area (Å²) in [7, 11) is 0. The Hall–Kier alpha value is -1.88. The van der Waals surface area contributed by atoms with E-state index in [2.05, 4.69) is 5.48 Å². The number of rotatable bonds is 2. The maximum absolute atomic E-state index is 12.9. The van der Waals surface area contributed by atoms with Crippen molar-refractivity contribution < 1.29 is 19.1 Å². The predicted octanol–water partition coefficient (Wildman–Crippen LogP) is 1.15. The van der Waals surface area contributed by atoms with Crippen molar-refractivity contribution in [3.05, 3.63) is 41.7 Å². The maximum Gasteiger partial charge on any atom is 0.339 e. The van der Waals surface area contributed by atoms with Gasteiger partial charge in [0.15, 0.2) is 0 Å². The molecular formula is C10H8FNO3. The molecule has 1 unspecified atom stereocenters. The quantitative estimate of drug-likeness (QED) is 0.767. The molecule has 0 aromatic heterocycles. The summed E-state index contributed by atoms with van der Waals surface area (Å²) >= 11 is 0. The smallest absolute Gasteiger partial charge is 0.339 e. The third-order valence-corrected chi connectivity index (χ3v) is 1.99. The number of nitrogens with one attached hydrogen (secondary N) is 1. The van der Waals surface area contributed by atoms with Gasteiger partial charge in [-0.15, -0.1) is 0 Å². The number of hydrogen-bond donors (Lipinski definition) is 2. The van der Waals surface area contributed by atoms with E-state index in [-0.39, 0.29) is 5.82 Å². The molecule has 0 saturated heterocycles. The second-order valence-corrected chi connectivity index (χ2v) is 3.07. The fourth-order valence-electron chi connectivity index (χ4n) is 1.28. The van der Waals surface area contributed by atoms with Gasteiger partial charge in [-0.2, -0.15) is 0 Å². The van der Waals surface area contributed by atoms with E-state index >= 15 is 0 Å². The van der Waals surface area contributed by atoms with Crippen molar-refractivity contribution in [3.63, 3.8) is 0 Å². The highest BCUT2D eigenvalue weighted by atomic mass is 19.1. The zero-order valence-corrected chi connectivity index (χ0v) is 7.61. The van der Waals surface area contributed by atoms with Gasteiger partial charge in [-0.25, -0.2) is 9.18 Å². The first kappa shape index (κ1) is 9.67. The summed E-state index contributed by atoms with van der Waals surface area (Å²) in [6, 6.07) is 5.82. The molecule has 1 aliphatic heterocycles. The van der Waals surface area contributed by atoms with Gasteiger partial charge in [0, 0.05) is 5.56 Å². The predicted molar refractivity (Wildman–Crippen MR) is 50.0 cm³/mol. The third-order valence-electron chi connectivity index (χ3n) is 1.99. The molecule has 1 aromatic carbocycles. The third kappa shape index (κ3) is 1.97. The van der Waals surface area contributed by atoms with Crippen LogP contribution in [0.25, 0.3) is 5.70 Å². The molecule has 2 rings (SSSR count). The molecule has 15 heavy (non-hydrogen) atoms. The van der Waals surface area contributed by atoms with Gasteiger partial charge in [0.2, 0.25) is 6.10 Å². The number of halogens is 1. The summed E-state index contributed by atoms with van der Waals surface area (Å²) in [5.41, 5.74) is 3.46. The lowest BCUT2D eigenvalue weighted by Crippen LogP contribution is -2.20. The van der Waals surface area contributed by atoms with Crippen LogP contribution in [0.15, 0.2) is 30.3 Å². The minimum absolute atomic E-state index is 0.381. The van der Waals surface area contributed by atoms with Crippen molar-refractivity contribution >= 4 is 11.7 Å². The topological polar surface area (TPSA) is 58.6 Å². The van der Waals surface area contributed by atoms with Gasteiger partial charge in [-0.1, -0.05) is 12.1 Å². The number of benzene rings is 1.